The van der Waals surface area contributed by atoms with Crippen LogP contribution in [0.3, 0.4) is 0 Å². The predicted molar refractivity (Wildman–Crippen MR) is 112 cm³/mol. The van der Waals surface area contributed by atoms with Crippen LogP contribution in [0.2, 0.25) is 0 Å². The molecule has 0 aromatic heterocycles. The normalized spacial score (nSPS) is 25.5. The lowest BCUT2D eigenvalue weighted by Gasteiger charge is -2.35. The lowest BCUT2D eigenvalue weighted by molar-refractivity contribution is -0.131. The van der Waals surface area contributed by atoms with Gasteiger partial charge in [0.25, 0.3) is 11.8 Å². The van der Waals surface area contributed by atoms with Gasteiger partial charge in [-0.2, -0.15) is 0 Å². The SMILES string of the molecule is CN1CCC(N2CCC(NC(=O)c3cccc(NC(=O)C4CCCO4)c3)CC2)C1=O. The van der Waals surface area contributed by atoms with Crippen LogP contribution < -0.4 is 10.6 Å². The number of benzene rings is 1. The van der Waals surface area contributed by atoms with Crippen molar-refractivity contribution in [1.29, 1.82) is 0 Å². The van der Waals surface area contributed by atoms with Crippen molar-refractivity contribution in [3.05, 3.63) is 29.8 Å². The van der Waals surface area contributed by atoms with E-state index in [0.717, 1.165) is 51.7 Å². The largest absolute Gasteiger partial charge is 0.368 e. The first-order chi connectivity index (χ1) is 14.5. The standard InChI is InChI=1S/C22H30N4O4/c1-25-10-9-18(22(25)29)26-11-7-16(8-12-26)23-20(27)15-4-2-5-17(14-15)24-21(28)19-6-3-13-30-19/h2,4-5,14,16,18-19H,3,6-13H2,1H3,(H,23,27)(H,24,28). The number of hydrogen-bond acceptors (Lipinski definition) is 5. The second-order valence-electron chi connectivity index (χ2n) is 8.42. The molecule has 0 aliphatic carbocycles. The number of hydrogen-bond donors (Lipinski definition) is 2. The number of carbonyl (C=O) groups is 3. The van der Waals surface area contributed by atoms with Crippen molar-refractivity contribution >= 4 is 23.4 Å². The fraction of sp³-hybridized carbons (Fsp3) is 0.591. The molecule has 2 unspecified atom stereocenters. The Morgan fingerprint density at radius 2 is 1.90 bits per heavy atom. The van der Waals surface area contributed by atoms with Crippen LogP contribution in [0.15, 0.2) is 24.3 Å². The number of carbonyl (C=O) groups excluding carboxylic acids is 3. The van der Waals surface area contributed by atoms with Crippen LogP contribution in [-0.2, 0) is 14.3 Å². The van der Waals surface area contributed by atoms with Gasteiger partial charge in [-0.15, -0.1) is 0 Å². The molecule has 8 nitrogen and oxygen atoms in total. The summed E-state index contributed by atoms with van der Waals surface area (Å²) in [6.07, 6.45) is 3.76. The van der Waals surface area contributed by atoms with Crippen molar-refractivity contribution in [3.63, 3.8) is 0 Å². The zero-order valence-electron chi connectivity index (χ0n) is 17.4. The Balaban J connectivity index is 1.28. The maximum Gasteiger partial charge on any atom is 0.253 e. The summed E-state index contributed by atoms with van der Waals surface area (Å²) in [6, 6.07) is 7.08. The summed E-state index contributed by atoms with van der Waals surface area (Å²) in [5.74, 6) is -0.0952. The molecule has 3 saturated heterocycles. The van der Waals surface area contributed by atoms with Crippen molar-refractivity contribution in [2.75, 3.05) is 38.6 Å². The molecule has 3 aliphatic rings. The topological polar surface area (TPSA) is 91.0 Å². The Hall–Kier alpha value is -2.45. The summed E-state index contributed by atoms with van der Waals surface area (Å²) in [5, 5.41) is 5.94. The first-order valence-corrected chi connectivity index (χ1v) is 10.8. The zero-order chi connectivity index (χ0) is 21.1. The molecule has 3 fully saturated rings. The maximum absolute atomic E-state index is 12.7. The van der Waals surface area contributed by atoms with Gasteiger partial charge in [-0.25, -0.2) is 0 Å². The van der Waals surface area contributed by atoms with Crippen molar-refractivity contribution < 1.29 is 19.1 Å². The van der Waals surface area contributed by atoms with Crippen LogP contribution >= 0.6 is 0 Å². The Kier molecular flexibility index (Phi) is 6.34. The highest BCUT2D eigenvalue weighted by atomic mass is 16.5. The minimum Gasteiger partial charge on any atom is -0.368 e. The summed E-state index contributed by atoms with van der Waals surface area (Å²) in [6.45, 7) is 3.06. The highest BCUT2D eigenvalue weighted by Crippen LogP contribution is 2.21. The van der Waals surface area contributed by atoms with Crippen LogP contribution in [0, 0.1) is 0 Å². The number of anilines is 1. The molecule has 2 atom stereocenters. The molecule has 1 aromatic rings. The number of likely N-dealkylation sites (N-methyl/N-ethyl adjacent to an activating group) is 1. The molecule has 30 heavy (non-hydrogen) atoms. The minimum absolute atomic E-state index is 0.00390. The van der Waals surface area contributed by atoms with Crippen LogP contribution in [0.25, 0.3) is 0 Å². The lowest BCUT2D eigenvalue weighted by Crippen LogP contribution is -2.50. The Labute approximate surface area is 176 Å². The average Bonchev–Trinajstić information content (AvgIpc) is 3.40. The molecule has 4 rings (SSSR count). The van der Waals surface area contributed by atoms with E-state index in [1.54, 1.807) is 29.2 Å². The monoisotopic (exact) mass is 414 g/mol. The number of piperidine rings is 1. The smallest absolute Gasteiger partial charge is 0.253 e. The Morgan fingerprint density at radius 1 is 1.10 bits per heavy atom. The van der Waals surface area contributed by atoms with E-state index in [4.69, 9.17) is 4.74 Å². The van der Waals surface area contributed by atoms with Crippen LogP contribution in [0.1, 0.15) is 42.5 Å². The number of nitrogens with zero attached hydrogens (tertiary/aromatic N) is 2. The molecule has 1 aromatic carbocycles. The summed E-state index contributed by atoms with van der Waals surface area (Å²) >= 11 is 0. The number of nitrogens with one attached hydrogen (secondary N) is 2. The third-order valence-corrected chi connectivity index (χ3v) is 6.32. The van der Waals surface area contributed by atoms with E-state index in [2.05, 4.69) is 15.5 Å². The van der Waals surface area contributed by atoms with E-state index in [1.165, 1.54) is 0 Å². The van der Waals surface area contributed by atoms with E-state index in [1.807, 2.05) is 7.05 Å². The van der Waals surface area contributed by atoms with Gasteiger partial charge in [-0.05, 0) is 50.3 Å². The molecule has 0 spiro atoms. The molecule has 3 heterocycles. The van der Waals surface area contributed by atoms with Gasteiger partial charge in [0.1, 0.15) is 6.10 Å². The molecule has 0 radical (unpaired) electrons. The molecule has 0 saturated carbocycles. The first kappa shape index (κ1) is 20.8. The quantitative estimate of drug-likeness (QED) is 0.756. The summed E-state index contributed by atoms with van der Waals surface area (Å²) in [5.41, 5.74) is 1.12. The molecule has 3 amide bonds. The number of ether oxygens (including phenoxy) is 1. The van der Waals surface area contributed by atoms with Gasteiger partial charge in [0.2, 0.25) is 5.91 Å². The molecule has 3 aliphatic heterocycles. The molecular formula is C22H30N4O4. The molecule has 8 heteroatoms. The van der Waals surface area contributed by atoms with Gasteiger partial charge < -0.3 is 20.3 Å². The number of rotatable bonds is 5. The van der Waals surface area contributed by atoms with Gasteiger partial charge in [0.05, 0.1) is 6.04 Å². The van der Waals surface area contributed by atoms with Crippen molar-refractivity contribution in [1.82, 2.24) is 15.1 Å². The average molecular weight is 415 g/mol. The second kappa shape index (κ2) is 9.14. The van der Waals surface area contributed by atoms with E-state index >= 15 is 0 Å². The highest BCUT2D eigenvalue weighted by molar-refractivity contribution is 5.98. The molecule has 0 bridgehead atoms. The molecule has 162 valence electrons. The van der Waals surface area contributed by atoms with Crippen LogP contribution in [0.4, 0.5) is 5.69 Å². The zero-order valence-corrected chi connectivity index (χ0v) is 17.4. The third kappa shape index (κ3) is 4.65. The molecule has 2 N–H and O–H groups in total. The van der Waals surface area contributed by atoms with Crippen molar-refractivity contribution in [3.8, 4) is 0 Å². The number of likely N-dealkylation sites (tertiary alicyclic amines) is 2. The van der Waals surface area contributed by atoms with Gasteiger partial charge in [0.15, 0.2) is 0 Å². The maximum atomic E-state index is 12.7. The van der Waals surface area contributed by atoms with Gasteiger partial charge in [0, 0.05) is 50.6 Å². The predicted octanol–water partition coefficient (Wildman–Crippen LogP) is 1.23. The van der Waals surface area contributed by atoms with E-state index < -0.39 is 6.10 Å². The fourth-order valence-electron chi connectivity index (χ4n) is 4.51. The summed E-state index contributed by atoms with van der Waals surface area (Å²) in [4.78, 5) is 41.2. The number of amides is 3. The van der Waals surface area contributed by atoms with E-state index in [9.17, 15) is 14.4 Å². The van der Waals surface area contributed by atoms with Gasteiger partial charge in [-0.1, -0.05) is 6.07 Å². The van der Waals surface area contributed by atoms with Crippen LogP contribution in [-0.4, -0.2) is 79.0 Å². The van der Waals surface area contributed by atoms with Crippen molar-refractivity contribution in [2.24, 2.45) is 0 Å². The van der Waals surface area contributed by atoms with Gasteiger partial charge >= 0.3 is 0 Å². The lowest BCUT2D eigenvalue weighted by atomic mass is 10.0. The fourth-order valence-corrected chi connectivity index (χ4v) is 4.51. The first-order valence-electron chi connectivity index (χ1n) is 10.8. The third-order valence-electron chi connectivity index (χ3n) is 6.32. The highest BCUT2D eigenvalue weighted by Gasteiger charge is 2.36. The Bertz CT molecular complexity index is 800. The van der Waals surface area contributed by atoms with Gasteiger partial charge in [-0.3, -0.25) is 19.3 Å². The molecular weight excluding hydrogens is 384 g/mol. The van der Waals surface area contributed by atoms with E-state index in [0.29, 0.717) is 17.9 Å². The Morgan fingerprint density at radius 3 is 2.57 bits per heavy atom. The second-order valence-corrected chi connectivity index (χ2v) is 8.42. The van der Waals surface area contributed by atoms with Crippen LogP contribution in [0.5, 0.6) is 0 Å². The summed E-state index contributed by atoms with van der Waals surface area (Å²) < 4.78 is 5.40. The summed E-state index contributed by atoms with van der Waals surface area (Å²) in [7, 11) is 1.85. The van der Waals surface area contributed by atoms with Crippen molar-refractivity contribution in [2.45, 2.75) is 50.3 Å². The van der Waals surface area contributed by atoms with E-state index in [-0.39, 0.29) is 29.8 Å². The minimum atomic E-state index is -0.404.